The summed E-state index contributed by atoms with van der Waals surface area (Å²) in [6, 6.07) is 7.44. The van der Waals surface area contributed by atoms with Crippen LogP contribution in [0.2, 0.25) is 0 Å². The summed E-state index contributed by atoms with van der Waals surface area (Å²) >= 11 is 0. The van der Waals surface area contributed by atoms with E-state index < -0.39 is 0 Å². The van der Waals surface area contributed by atoms with E-state index in [1.165, 1.54) is 0 Å². The van der Waals surface area contributed by atoms with Crippen LogP contribution in [0, 0.1) is 6.92 Å². The quantitative estimate of drug-likeness (QED) is 0.739. The summed E-state index contributed by atoms with van der Waals surface area (Å²) in [5.41, 5.74) is 16.7. The molecule has 2 heterocycles. The van der Waals surface area contributed by atoms with Crippen LogP contribution in [-0.2, 0) is 0 Å². The molecule has 0 fully saturated rings. The lowest BCUT2D eigenvalue weighted by Crippen LogP contribution is -2.15. The van der Waals surface area contributed by atoms with Crippen molar-refractivity contribution in [2.75, 3.05) is 5.73 Å². The molecule has 0 amide bonds. The zero-order chi connectivity index (χ0) is 14.1. The Bertz CT molecular complexity index is 769. The molecule has 0 saturated carbocycles. The van der Waals surface area contributed by atoms with Crippen molar-refractivity contribution in [3.8, 4) is 0 Å². The van der Waals surface area contributed by atoms with Gasteiger partial charge in [-0.3, -0.25) is 9.97 Å². The first-order valence-corrected chi connectivity index (χ1v) is 6.33. The topological polar surface area (TPSA) is 90.7 Å². The standard InChI is InChI=1S/C15H15N5/c1-9-6-11(15(17)20-8-9)14(16)10-2-3-12-13(7-10)19-5-4-18-12/h2-8,14H,16H2,1H3,(H2,17,20). The fourth-order valence-corrected chi connectivity index (χ4v) is 2.20. The van der Waals surface area contributed by atoms with Crippen LogP contribution < -0.4 is 11.5 Å². The van der Waals surface area contributed by atoms with Crippen LogP contribution >= 0.6 is 0 Å². The Morgan fingerprint density at radius 3 is 2.55 bits per heavy atom. The first kappa shape index (κ1) is 12.5. The fourth-order valence-electron chi connectivity index (χ4n) is 2.20. The van der Waals surface area contributed by atoms with Gasteiger partial charge in [-0.05, 0) is 36.2 Å². The number of aromatic nitrogens is 3. The number of hydrogen-bond acceptors (Lipinski definition) is 5. The first-order chi connectivity index (χ1) is 9.65. The van der Waals surface area contributed by atoms with Gasteiger partial charge in [-0.1, -0.05) is 6.07 Å². The molecule has 0 aliphatic rings. The Kier molecular flexibility index (Phi) is 3.04. The minimum absolute atomic E-state index is 0.325. The van der Waals surface area contributed by atoms with Crippen molar-refractivity contribution in [1.82, 2.24) is 15.0 Å². The average molecular weight is 265 g/mol. The minimum atomic E-state index is -0.325. The van der Waals surface area contributed by atoms with E-state index in [-0.39, 0.29) is 6.04 Å². The number of nitrogens with two attached hydrogens (primary N) is 2. The van der Waals surface area contributed by atoms with Gasteiger partial charge in [-0.15, -0.1) is 0 Å². The first-order valence-electron chi connectivity index (χ1n) is 6.33. The molecule has 4 N–H and O–H groups in total. The van der Waals surface area contributed by atoms with Crippen LogP contribution in [0.1, 0.15) is 22.7 Å². The van der Waals surface area contributed by atoms with Gasteiger partial charge in [0.1, 0.15) is 5.82 Å². The maximum absolute atomic E-state index is 6.31. The highest BCUT2D eigenvalue weighted by atomic mass is 14.8. The van der Waals surface area contributed by atoms with Crippen molar-refractivity contribution in [2.24, 2.45) is 5.73 Å². The number of anilines is 1. The number of nitrogens with zero attached hydrogens (tertiary/aromatic N) is 3. The van der Waals surface area contributed by atoms with Crippen molar-refractivity contribution in [1.29, 1.82) is 0 Å². The van der Waals surface area contributed by atoms with Crippen LogP contribution in [-0.4, -0.2) is 15.0 Å². The molecule has 1 atom stereocenters. The van der Waals surface area contributed by atoms with Crippen LogP contribution in [0.25, 0.3) is 11.0 Å². The third-order valence-electron chi connectivity index (χ3n) is 3.27. The Hall–Kier alpha value is -2.53. The van der Waals surface area contributed by atoms with Crippen molar-refractivity contribution in [3.63, 3.8) is 0 Å². The SMILES string of the molecule is Cc1cnc(N)c(C(N)c2ccc3nccnc3c2)c1. The highest BCUT2D eigenvalue weighted by molar-refractivity contribution is 5.74. The van der Waals surface area contributed by atoms with E-state index in [0.29, 0.717) is 5.82 Å². The highest BCUT2D eigenvalue weighted by Gasteiger charge is 2.14. The predicted molar refractivity (Wildman–Crippen MR) is 79.0 cm³/mol. The summed E-state index contributed by atoms with van der Waals surface area (Å²) in [5, 5.41) is 0. The molecule has 20 heavy (non-hydrogen) atoms. The molecule has 0 bridgehead atoms. The number of hydrogen-bond donors (Lipinski definition) is 2. The second-order valence-corrected chi connectivity index (χ2v) is 4.77. The molecule has 0 spiro atoms. The number of benzene rings is 1. The van der Waals surface area contributed by atoms with Gasteiger partial charge in [-0.2, -0.15) is 0 Å². The Morgan fingerprint density at radius 2 is 1.75 bits per heavy atom. The Balaban J connectivity index is 2.07. The summed E-state index contributed by atoms with van der Waals surface area (Å²) in [7, 11) is 0. The van der Waals surface area contributed by atoms with Crippen molar-refractivity contribution in [2.45, 2.75) is 13.0 Å². The molecule has 100 valence electrons. The smallest absolute Gasteiger partial charge is 0.128 e. The van der Waals surface area contributed by atoms with Gasteiger partial charge in [0.15, 0.2) is 0 Å². The molecule has 5 nitrogen and oxygen atoms in total. The van der Waals surface area contributed by atoms with Crippen LogP contribution in [0.3, 0.4) is 0 Å². The normalized spacial score (nSPS) is 12.5. The summed E-state index contributed by atoms with van der Waals surface area (Å²) in [4.78, 5) is 12.7. The van der Waals surface area contributed by atoms with Gasteiger partial charge in [0.05, 0.1) is 17.1 Å². The number of pyridine rings is 1. The highest BCUT2D eigenvalue weighted by Crippen LogP contribution is 2.25. The zero-order valence-electron chi connectivity index (χ0n) is 11.1. The van der Waals surface area contributed by atoms with Gasteiger partial charge in [0.25, 0.3) is 0 Å². The van der Waals surface area contributed by atoms with Gasteiger partial charge < -0.3 is 11.5 Å². The van der Waals surface area contributed by atoms with Crippen molar-refractivity contribution < 1.29 is 0 Å². The average Bonchev–Trinajstić information content (AvgIpc) is 2.48. The molecule has 5 heteroatoms. The van der Waals surface area contributed by atoms with Crippen molar-refractivity contribution >= 4 is 16.9 Å². The fraction of sp³-hybridized carbons (Fsp3) is 0.133. The van der Waals surface area contributed by atoms with E-state index in [1.807, 2.05) is 31.2 Å². The van der Waals surface area contributed by atoms with E-state index in [9.17, 15) is 0 Å². The third kappa shape index (κ3) is 2.19. The van der Waals surface area contributed by atoms with E-state index >= 15 is 0 Å². The number of rotatable bonds is 2. The second kappa shape index (κ2) is 4.86. The van der Waals surface area contributed by atoms with Gasteiger partial charge in [0, 0.05) is 24.2 Å². The maximum atomic E-state index is 6.31. The van der Waals surface area contributed by atoms with E-state index in [2.05, 4.69) is 15.0 Å². The lowest BCUT2D eigenvalue weighted by Gasteiger charge is -2.15. The lowest BCUT2D eigenvalue weighted by atomic mass is 9.98. The summed E-state index contributed by atoms with van der Waals surface area (Å²) in [5.74, 6) is 0.461. The molecular weight excluding hydrogens is 250 g/mol. The number of fused-ring (bicyclic) bond motifs is 1. The third-order valence-corrected chi connectivity index (χ3v) is 3.27. The largest absolute Gasteiger partial charge is 0.383 e. The van der Waals surface area contributed by atoms with E-state index in [0.717, 1.165) is 27.7 Å². The molecule has 3 aromatic rings. The molecular formula is C15H15N5. The monoisotopic (exact) mass is 265 g/mol. The molecule has 1 aromatic carbocycles. The molecule has 0 radical (unpaired) electrons. The van der Waals surface area contributed by atoms with E-state index in [4.69, 9.17) is 11.5 Å². The molecule has 0 saturated heterocycles. The predicted octanol–water partition coefficient (Wildman–Crippen LogP) is 1.96. The molecule has 3 rings (SSSR count). The van der Waals surface area contributed by atoms with Gasteiger partial charge in [-0.25, -0.2) is 4.98 Å². The lowest BCUT2D eigenvalue weighted by molar-refractivity contribution is 0.866. The van der Waals surface area contributed by atoms with Gasteiger partial charge in [0.2, 0.25) is 0 Å². The summed E-state index contributed by atoms with van der Waals surface area (Å²) < 4.78 is 0. The van der Waals surface area contributed by atoms with E-state index in [1.54, 1.807) is 18.6 Å². The Labute approximate surface area is 116 Å². The number of nitrogen functional groups attached to an aromatic ring is 1. The van der Waals surface area contributed by atoms with Crippen LogP contribution in [0.4, 0.5) is 5.82 Å². The minimum Gasteiger partial charge on any atom is -0.383 e. The van der Waals surface area contributed by atoms with Crippen molar-refractivity contribution in [3.05, 3.63) is 59.5 Å². The maximum Gasteiger partial charge on any atom is 0.128 e. The Morgan fingerprint density at radius 1 is 1.00 bits per heavy atom. The second-order valence-electron chi connectivity index (χ2n) is 4.77. The molecule has 1 unspecified atom stereocenters. The summed E-state index contributed by atoms with van der Waals surface area (Å²) in [6.45, 7) is 1.97. The number of aryl methyl sites for hydroxylation is 1. The van der Waals surface area contributed by atoms with Crippen LogP contribution in [0.5, 0.6) is 0 Å². The zero-order valence-corrected chi connectivity index (χ0v) is 11.1. The molecule has 0 aliphatic heterocycles. The molecule has 2 aromatic heterocycles. The summed E-state index contributed by atoms with van der Waals surface area (Å²) in [6.07, 6.45) is 5.07. The molecule has 0 aliphatic carbocycles. The van der Waals surface area contributed by atoms with Gasteiger partial charge >= 0.3 is 0 Å². The van der Waals surface area contributed by atoms with Crippen LogP contribution in [0.15, 0.2) is 42.9 Å².